The molecule has 108 valence electrons. The molecule has 0 aliphatic rings. The number of anilines is 2. The van der Waals surface area contributed by atoms with Gasteiger partial charge in [-0.25, -0.2) is 0 Å². The van der Waals surface area contributed by atoms with Crippen molar-refractivity contribution in [2.75, 3.05) is 11.1 Å². The lowest BCUT2D eigenvalue weighted by molar-refractivity contribution is 0.234. The molecule has 1 aromatic heterocycles. The smallest absolute Gasteiger partial charge is 0.239 e. The third-order valence-electron chi connectivity index (χ3n) is 2.87. The highest BCUT2D eigenvalue weighted by Crippen LogP contribution is 2.22. The molecule has 1 unspecified atom stereocenters. The van der Waals surface area contributed by atoms with E-state index < -0.39 is 0 Å². The van der Waals surface area contributed by atoms with E-state index >= 15 is 0 Å². The molecule has 0 spiro atoms. The number of nitrogens with zero attached hydrogens (tertiary/aromatic N) is 1. The molecule has 0 aliphatic heterocycles. The molecule has 0 fully saturated rings. The Morgan fingerprint density at radius 1 is 1.26 bits per heavy atom. The quantitative estimate of drug-likeness (QED) is 0.701. The van der Waals surface area contributed by atoms with Gasteiger partial charge >= 0.3 is 0 Å². The number of nitrogens with two attached hydrogens (primary N) is 1. The minimum absolute atomic E-state index is 0.0760. The SMILES string of the molecule is CCCCCC(C)Nc1ccc(N)c(OC(C)C)n1. The number of unbranched alkanes of at least 4 members (excludes halogenated alkanes) is 2. The Kier molecular flexibility index (Phi) is 6.46. The highest BCUT2D eigenvalue weighted by molar-refractivity contribution is 5.53. The van der Waals surface area contributed by atoms with Crippen LogP contribution in [0, 0.1) is 0 Å². The molecule has 0 amide bonds. The topological polar surface area (TPSA) is 60.2 Å². The Labute approximate surface area is 116 Å². The highest BCUT2D eigenvalue weighted by atomic mass is 16.5. The standard InChI is InChI=1S/C15H27N3O/c1-5-6-7-8-12(4)17-14-10-9-13(16)15(18-14)19-11(2)3/h9-12H,5-8,16H2,1-4H3,(H,17,18). The van der Waals surface area contributed by atoms with Gasteiger partial charge in [-0.05, 0) is 39.3 Å². The van der Waals surface area contributed by atoms with E-state index in [0.717, 1.165) is 12.2 Å². The fourth-order valence-electron chi connectivity index (χ4n) is 1.87. The highest BCUT2D eigenvalue weighted by Gasteiger charge is 2.08. The number of pyridine rings is 1. The second kappa shape index (κ2) is 7.87. The molecule has 1 rings (SSSR count). The predicted molar refractivity (Wildman–Crippen MR) is 81.6 cm³/mol. The van der Waals surface area contributed by atoms with Crippen molar-refractivity contribution in [2.45, 2.75) is 65.5 Å². The summed E-state index contributed by atoms with van der Waals surface area (Å²) >= 11 is 0. The Morgan fingerprint density at radius 3 is 2.63 bits per heavy atom. The fraction of sp³-hybridized carbons (Fsp3) is 0.667. The zero-order chi connectivity index (χ0) is 14.3. The largest absolute Gasteiger partial charge is 0.473 e. The van der Waals surface area contributed by atoms with Gasteiger partial charge < -0.3 is 15.8 Å². The average Bonchev–Trinajstić information content (AvgIpc) is 2.33. The maximum absolute atomic E-state index is 5.85. The van der Waals surface area contributed by atoms with Crippen molar-refractivity contribution in [2.24, 2.45) is 0 Å². The summed E-state index contributed by atoms with van der Waals surface area (Å²) in [5, 5.41) is 3.39. The van der Waals surface area contributed by atoms with Crippen molar-refractivity contribution in [1.29, 1.82) is 0 Å². The predicted octanol–water partition coefficient (Wildman–Crippen LogP) is 3.83. The number of aromatic nitrogens is 1. The van der Waals surface area contributed by atoms with Crippen molar-refractivity contribution in [1.82, 2.24) is 4.98 Å². The molecule has 4 heteroatoms. The van der Waals surface area contributed by atoms with Gasteiger partial charge in [0.15, 0.2) is 0 Å². The van der Waals surface area contributed by atoms with Gasteiger partial charge in [0.25, 0.3) is 0 Å². The zero-order valence-electron chi connectivity index (χ0n) is 12.6. The van der Waals surface area contributed by atoms with Crippen LogP contribution in [-0.2, 0) is 0 Å². The lowest BCUT2D eigenvalue weighted by atomic mass is 10.1. The van der Waals surface area contributed by atoms with E-state index in [2.05, 4.69) is 24.1 Å². The third kappa shape index (κ3) is 5.81. The van der Waals surface area contributed by atoms with Crippen molar-refractivity contribution in [3.63, 3.8) is 0 Å². The summed E-state index contributed by atoms with van der Waals surface area (Å²) in [6.07, 6.45) is 5.00. The summed E-state index contributed by atoms with van der Waals surface area (Å²) in [4.78, 5) is 4.42. The van der Waals surface area contributed by atoms with Crippen LogP contribution < -0.4 is 15.8 Å². The van der Waals surface area contributed by atoms with Crippen LogP contribution in [0.5, 0.6) is 5.88 Å². The first-order valence-corrected chi connectivity index (χ1v) is 7.22. The number of nitrogens with one attached hydrogen (secondary N) is 1. The maximum Gasteiger partial charge on any atom is 0.239 e. The molecule has 1 atom stereocenters. The number of ether oxygens (including phenoxy) is 1. The van der Waals surface area contributed by atoms with E-state index in [1.807, 2.05) is 26.0 Å². The molecular weight excluding hydrogens is 238 g/mol. The van der Waals surface area contributed by atoms with Crippen molar-refractivity contribution in [3.05, 3.63) is 12.1 Å². The minimum Gasteiger partial charge on any atom is -0.473 e. The normalized spacial score (nSPS) is 12.5. The van der Waals surface area contributed by atoms with Crippen molar-refractivity contribution < 1.29 is 4.74 Å². The van der Waals surface area contributed by atoms with Gasteiger partial charge in [-0.2, -0.15) is 4.98 Å². The average molecular weight is 265 g/mol. The van der Waals surface area contributed by atoms with Gasteiger partial charge in [0.05, 0.1) is 11.8 Å². The summed E-state index contributed by atoms with van der Waals surface area (Å²) < 4.78 is 5.59. The van der Waals surface area contributed by atoms with Crippen LogP contribution in [0.25, 0.3) is 0 Å². The van der Waals surface area contributed by atoms with Crippen LogP contribution in [0.4, 0.5) is 11.5 Å². The molecular formula is C15H27N3O. The molecule has 3 N–H and O–H groups in total. The van der Waals surface area contributed by atoms with Crippen molar-refractivity contribution in [3.8, 4) is 5.88 Å². The van der Waals surface area contributed by atoms with Gasteiger partial charge in [-0.15, -0.1) is 0 Å². The second-order valence-corrected chi connectivity index (χ2v) is 5.30. The maximum atomic E-state index is 5.85. The molecule has 1 heterocycles. The fourth-order valence-corrected chi connectivity index (χ4v) is 1.87. The van der Waals surface area contributed by atoms with Crippen LogP contribution in [-0.4, -0.2) is 17.1 Å². The van der Waals surface area contributed by atoms with Crippen LogP contribution in [0.2, 0.25) is 0 Å². The Bertz CT molecular complexity index is 380. The summed E-state index contributed by atoms with van der Waals surface area (Å²) in [7, 11) is 0. The molecule has 0 radical (unpaired) electrons. The van der Waals surface area contributed by atoms with Crippen LogP contribution >= 0.6 is 0 Å². The first-order chi connectivity index (χ1) is 9.02. The molecule has 0 aromatic carbocycles. The van der Waals surface area contributed by atoms with E-state index in [9.17, 15) is 0 Å². The van der Waals surface area contributed by atoms with Gasteiger partial charge in [0.2, 0.25) is 5.88 Å². The molecule has 0 saturated heterocycles. The van der Waals surface area contributed by atoms with Crippen molar-refractivity contribution >= 4 is 11.5 Å². The van der Waals surface area contributed by atoms with E-state index in [1.165, 1.54) is 19.3 Å². The minimum atomic E-state index is 0.0760. The molecule has 19 heavy (non-hydrogen) atoms. The lowest BCUT2D eigenvalue weighted by Gasteiger charge is -2.16. The molecule has 0 saturated carbocycles. The Balaban J connectivity index is 2.58. The molecule has 0 bridgehead atoms. The first kappa shape index (κ1) is 15.6. The number of hydrogen-bond acceptors (Lipinski definition) is 4. The van der Waals surface area contributed by atoms with Crippen LogP contribution in [0.15, 0.2) is 12.1 Å². The summed E-state index contributed by atoms with van der Waals surface area (Å²) in [5.74, 6) is 1.34. The number of hydrogen-bond donors (Lipinski definition) is 2. The molecule has 1 aromatic rings. The van der Waals surface area contributed by atoms with Crippen LogP contribution in [0.3, 0.4) is 0 Å². The van der Waals surface area contributed by atoms with E-state index in [-0.39, 0.29) is 6.10 Å². The molecule has 0 aliphatic carbocycles. The lowest BCUT2D eigenvalue weighted by Crippen LogP contribution is -2.17. The van der Waals surface area contributed by atoms with Gasteiger partial charge in [0, 0.05) is 6.04 Å². The second-order valence-electron chi connectivity index (χ2n) is 5.30. The van der Waals surface area contributed by atoms with Gasteiger partial charge in [-0.1, -0.05) is 26.2 Å². The Hall–Kier alpha value is -1.45. The number of rotatable bonds is 8. The Morgan fingerprint density at radius 2 is 2.00 bits per heavy atom. The third-order valence-corrected chi connectivity index (χ3v) is 2.87. The zero-order valence-corrected chi connectivity index (χ0v) is 12.6. The summed E-state index contributed by atoms with van der Waals surface area (Å²) in [5.41, 5.74) is 6.43. The monoisotopic (exact) mass is 265 g/mol. The van der Waals surface area contributed by atoms with E-state index in [1.54, 1.807) is 0 Å². The van der Waals surface area contributed by atoms with E-state index in [0.29, 0.717) is 17.6 Å². The van der Waals surface area contributed by atoms with Gasteiger partial charge in [0.1, 0.15) is 5.82 Å². The van der Waals surface area contributed by atoms with Crippen LogP contribution in [0.1, 0.15) is 53.4 Å². The first-order valence-electron chi connectivity index (χ1n) is 7.22. The van der Waals surface area contributed by atoms with E-state index in [4.69, 9.17) is 10.5 Å². The molecule has 4 nitrogen and oxygen atoms in total. The summed E-state index contributed by atoms with van der Waals surface area (Å²) in [6, 6.07) is 4.15. The summed E-state index contributed by atoms with van der Waals surface area (Å²) in [6.45, 7) is 8.33. The van der Waals surface area contributed by atoms with Gasteiger partial charge in [-0.3, -0.25) is 0 Å². The number of nitrogen functional groups attached to an aromatic ring is 1.